The van der Waals surface area contributed by atoms with Crippen molar-refractivity contribution in [3.05, 3.63) is 35.5 Å². The largest absolute Gasteiger partial charge is 0.449 e. The van der Waals surface area contributed by atoms with E-state index in [1.807, 2.05) is 24.3 Å². The molecule has 0 spiro atoms. The lowest BCUT2D eigenvalue weighted by molar-refractivity contribution is -0.119. The number of amides is 1. The zero-order valence-corrected chi connectivity index (χ0v) is 24.9. The average Bonchev–Trinajstić information content (AvgIpc) is 2.87. The van der Waals surface area contributed by atoms with Gasteiger partial charge in [0.05, 0.1) is 17.8 Å². The number of benzene rings is 1. The van der Waals surface area contributed by atoms with Gasteiger partial charge in [0, 0.05) is 35.5 Å². The van der Waals surface area contributed by atoms with E-state index in [0.29, 0.717) is 36.2 Å². The van der Waals surface area contributed by atoms with Crippen molar-refractivity contribution in [1.29, 1.82) is 0 Å². The summed E-state index contributed by atoms with van der Waals surface area (Å²) in [6.07, 6.45) is 9.49. The number of hydrogen-bond donors (Lipinski definition) is 0. The van der Waals surface area contributed by atoms with Gasteiger partial charge in [0.25, 0.3) is 0 Å². The number of rotatable bonds is 18. The Morgan fingerprint density at radius 1 is 0.974 bits per heavy atom. The molecule has 6 nitrogen and oxygen atoms in total. The van der Waals surface area contributed by atoms with E-state index in [2.05, 4.69) is 44.5 Å². The third-order valence-electron chi connectivity index (χ3n) is 7.03. The fourth-order valence-corrected chi connectivity index (χ4v) is 5.02. The van der Waals surface area contributed by atoms with Crippen LogP contribution in [0.25, 0.3) is 10.9 Å². The first-order valence-electron chi connectivity index (χ1n) is 14.5. The van der Waals surface area contributed by atoms with E-state index in [4.69, 9.17) is 16.3 Å². The van der Waals surface area contributed by atoms with Crippen LogP contribution in [0.2, 0.25) is 5.02 Å². The van der Waals surface area contributed by atoms with E-state index < -0.39 is 0 Å². The van der Waals surface area contributed by atoms with Gasteiger partial charge >= 0.3 is 6.09 Å². The van der Waals surface area contributed by atoms with Crippen molar-refractivity contribution in [2.24, 2.45) is 5.92 Å². The number of carbonyl (C=O) groups excluding carboxylic acids is 2. The van der Waals surface area contributed by atoms with Crippen molar-refractivity contribution < 1.29 is 14.3 Å². The number of carbonyl (C=O) groups is 2. The van der Waals surface area contributed by atoms with E-state index in [9.17, 15) is 9.59 Å². The molecule has 1 atom stereocenters. The molecule has 1 heterocycles. The topological polar surface area (TPSA) is 62.7 Å². The SMILES string of the molecule is CCN(CC)CCCC(C)N(C(=O)OCCCCCCCC(=O)CC(C)C)c1ccnc2cc(Cl)ccc12. The van der Waals surface area contributed by atoms with Gasteiger partial charge in [-0.2, -0.15) is 0 Å². The van der Waals surface area contributed by atoms with Crippen LogP contribution in [-0.2, 0) is 9.53 Å². The Morgan fingerprint density at radius 2 is 1.68 bits per heavy atom. The van der Waals surface area contributed by atoms with Crippen LogP contribution in [0.15, 0.2) is 30.5 Å². The molecule has 1 amide bonds. The van der Waals surface area contributed by atoms with E-state index in [0.717, 1.165) is 81.2 Å². The summed E-state index contributed by atoms with van der Waals surface area (Å²) in [5.74, 6) is 0.802. The number of Topliss-reactive ketones (excluding diaryl/α,β-unsaturated/α-hetero) is 1. The lowest BCUT2D eigenvalue weighted by atomic mass is 10.0. The molecule has 0 saturated carbocycles. The highest BCUT2D eigenvalue weighted by Crippen LogP contribution is 2.30. The molecule has 212 valence electrons. The molecule has 0 saturated heterocycles. The van der Waals surface area contributed by atoms with Crippen LogP contribution in [0.1, 0.15) is 92.4 Å². The van der Waals surface area contributed by atoms with Gasteiger partial charge in [-0.1, -0.05) is 58.6 Å². The molecule has 1 aromatic heterocycles. The predicted molar refractivity (Wildman–Crippen MR) is 159 cm³/mol. The van der Waals surface area contributed by atoms with Crippen LogP contribution in [0.4, 0.5) is 10.5 Å². The van der Waals surface area contributed by atoms with Crippen LogP contribution in [0.5, 0.6) is 0 Å². The van der Waals surface area contributed by atoms with Gasteiger partial charge in [-0.15, -0.1) is 0 Å². The molecule has 0 radical (unpaired) electrons. The first-order chi connectivity index (χ1) is 18.3. The molecule has 1 aromatic carbocycles. The van der Waals surface area contributed by atoms with Gasteiger partial charge in [-0.25, -0.2) is 4.79 Å². The summed E-state index contributed by atoms with van der Waals surface area (Å²) in [6, 6.07) is 7.45. The number of unbranched alkanes of at least 4 members (excludes halogenated alkanes) is 4. The van der Waals surface area contributed by atoms with Crippen molar-refractivity contribution >= 4 is 40.1 Å². The molecule has 38 heavy (non-hydrogen) atoms. The first kappa shape index (κ1) is 32.0. The van der Waals surface area contributed by atoms with Gasteiger partial charge in [-0.05, 0) is 82.4 Å². The number of fused-ring (bicyclic) bond motifs is 1. The molecule has 7 heteroatoms. The van der Waals surface area contributed by atoms with Crippen molar-refractivity contribution in [1.82, 2.24) is 9.88 Å². The lowest BCUT2D eigenvalue weighted by Gasteiger charge is -2.30. The standard InChI is InChI=1S/C31H48ClN3O3/c1-6-34(7-2)20-13-14-25(5)35(30-18-19-33-29-23-26(32)16-17-28(29)30)31(37)38-21-12-10-8-9-11-15-27(36)22-24(3)4/h16-19,23-25H,6-15,20-22H2,1-5H3. The fourth-order valence-electron chi connectivity index (χ4n) is 4.85. The van der Waals surface area contributed by atoms with Crippen molar-refractivity contribution in [2.75, 3.05) is 31.1 Å². The maximum atomic E-state index is 13.4. The van der Waals surface area contributed by atoms with Crippen molar-refractivity contribution in [3.63, 3.8) is 0 Å². The number of ketones is 1. The highest BCUT2D eigenvalue weighted by atomic mass is 35.5. The Bertz CT molecular complexity index is 993. The Labute approximate surface area is 235 Å². The smallest absolute Gasteiger partial charge is 0.414 e. The van der Waals surface area contributed by atoms with E-state index >= 15 is 0 Å². The molecule has 0 fully saturated rings. The predicted octanol–water partition coefficient (Wildman–Crippen LogP) is 8.30. The summed E-state index contributed by atoms with van der Waals surface area (Å²) in [7, 11) is 0. The Morgan fingerprint density at radius 3 is 2.39 bits per heavy atom. The maximum absolute atomic E-state index is 13.4. The lowest BCUT2D eigenvalue weighted by Crippen LogP contribution is -2.40. The summed E-state index contributed by atoms with van der Waals surface area (Å²) in [5.41, 5.74) is 1.56. The molecule has 0 N–H and O–H groups in total. The second kappa shape index (κ2) is 17.4. The van der Waals surface area contributed by atoms with Crippen LogP contribution in [0, 0.1) is 5.92 Å². The third kappa shape index (κ3) is 10.9. The van der Waals surface area contributed by atoms with Gasteiger partial charge in [-0.3, -0.25) is 14.7 Å². The number of halogens is 1. The number of pyridine rings is 1. The van der Waals surface area contributed by atoms with Crippen LogP contribution >= 0.6 is 11.6 Å². The quantitative estimate of drug-likeness (QED) is 0.176. The summed E-state index contributed by atoms with van der Waals surface area (Å²) < 4.78 is 5.79. The zero-order valence-electron chi connectivity index (χ0n) is 24.2. The molecule has 0 aliphatic carbocycles. The van der Waals surface area contributed by atoms with Crippen LogP contribution in [-0.4, -0.2) is 54.0 Å². The minimum absolute atomic E-state index is 0.0253. The normalized spacial score (nSPS) is 12.3. The van der Waals surface area contributed by atoms with E-state index in [1.165, 1.54) is 0 Å². The Hall–Kier alpha value is -2.18. The number of ether oxygens (including phenoxy) is 1. The minimum Gasteiger partial charge on any atom is -0.449 e. The number of nitrogens with zero attached hydrogens (tertiary/aromatic N) is 3. The summed E-state index contributed by atoms with van der Waals surface area (Å²) >= 11 is 6.20. The van der Waals surface area contributed by atoms with Gasteiger partial charge in [0.15, 0.2) is 0 Å². The molecule has 0 aliphatic heterocycles. The van der Waals surface area contributed by atoms with E-state index in [-0.39, 0.29) is 12.1 Å². The van der Waals surface area contributed by atoms with E-state index in [1.54, 1.807) is 11.1 Å². The minimum atomic E-state index is -0.318. The van der Waals surface area contributed by atoms with Crippen LogP contribution < -0.4 is 4.90 Å². The summed E-state index contributed by atoms with van der Waals surface area (Å²) in [4.78, 5) is 33.9. The molecule has 2 rings (SSSR count). The number of hydrogen-bond acceptors (Lipinski definition) is 5. The first-order valence-corrected chi connectivity index (χ1v) is 14.9. The summed E-state index contributed by atoms with van der Waals surface area (Å²) in [5, 5.41) is 1.50. The molecule has 2 aromatic rings. The molecular weight excluding hydrogens is 498 g/mol. The van der Waals surface area contributed by atoms with Crippen LogP contribution in [0.3, 0.4) is 0 Å². The van der Waals surface area contributed by atoms with Crippen molar-refractivity contribution in [2.45, 2.75) is 98.4 Å². The molecule has 0 aliphatic rings. The van der Waals surface area contributed by atoms with Gasteiger partial charge < -0.3 is 9.64 Å². The second-order valence-corrected chi connectivity index (χ2v) is 11.1. The Balaban J connectivity index is 1.95. The second-order valence-electron chi connectivity index (χ2n) is 10.6. The molecular formula is C31H48ClN3O3. The monoisotopic (exact) mass is 545 g/mol. The van der Waals surface area contributed by atoms with Gasteiger partial charge in [0.1, 0.15) is 5.78 Å². The highest BCUT2D eigenvalue weighted by Gasteiger charge is 2.25. The Kier molecular flexibility index (Phi) is 14.7. The molecule has 0 bridgehead atoms. The number of aromatic nitrogens is 1. The zero-order chi connectivity index (χ0) is 27.9. The average molecular weight is 546 g/mol. The fraction of sp³-hybridized carbons (Fsp3) is 0.645. The maximum Gasteiger partial charge on any atom is 0.414 e. The third-order valence-corrected chi connectivity index (χ3v) is 7.27. The van der Waals surface area contributed by atoms with Crippen molar-refractivity contribution in [3.8, 4) is 0 Å². The molecule has 1 unspecified atom stereocenters. The number of anilines is 1. The summed E-state index contributed by atoms with van der Waals surface area (Å²) in [6.45, 7) is 14.1. The highest BCUT2D eigenvalue weighted by molar-refractivity contribution is 6.31. The van der Waals surface area contributed by atoms with Gasteiger partial charge in [0.2, 0.25) is 0 Å².